The molecule has 0 N–H and O–H groups in total. The summed E-state index contributed by atoms with van der Waals surface area (Å²) in [5.74, 6) is 3.08. The highest BCUT2D eigenvalue weighted by Crippen LogP contribution is 2.06. The van der Waals surface area contributed by atoms with Crippen LogP contribution >= 0.6 is 11.8 Å². The van der Waals surface area contributed by atoms with E-state index in [2.05, 4.69) is 27.4 Å². The van der Waals surface area contributed by atoms with Gasteiger partial charge in [0.1, 0.15) is 5.82 Å². The van der Waals surface area contributed by atoms with Gasteiger partial charge in [0.05, 0.1) is 0 Å². The molecule has 5 heteroatoms. The van der Waals surface area contributed by atoms with E-state index in [4.69, 9.17) is 0 Å². The molecule has 0 aliphatic rings. The maximum absolute atomic E-state index is 4.58. The molecule has 0 atom stereocenters. The SMILES string of the molecule is CSCCc1nc(CCc2cccnc2)n(C)n1. The molecule has 2 heterocycles. The van der Waals surface area contributed by atoms with Crippen LogP contribution in [0, 0.1) is 0 Å². The van der Waals surface area contributed by atoms with E-state index >= 15 is 0 Å². The molecular formula is C13H18N4S. The molecule has 0 saturated carbocycles. The van der Waals surface area contributed by atoms with E-state index in [1.807, 2.05) is 35.8 Å². The average molecular weight is 262 g/mol. The van der Waals surface area contributed by atoms with Gasteiger partial charge in [0.15, 0.2) is 5.82 Å². The van der Waals surface area contributed by atoms with Gasteiger partial charge in [-0.05, 0) is 24.3 Å². The van der Waals surface area contributed by atoms with Crippen LogP contribution in [0.2, 0.25) is 0 Å². The van der Waals surface area contributed by atoms with Crippen molar-refractivity contribution in [3.8, 4) is 0 Å². The lowest BCUT2D eigenvalue weighted by molar-refractivity contribution is 0.687. The minimum Gasteiger partial charge on any atom is -0.264 e. The second-order valence-corrected chi connectivity index (χ2v) is 5.16. The fourth-order valence-corrected chi connectivity index (χ4v) is 2.18. The number of hydrogen-bond acceptors (Lipinski definition) is 4. The van der Waals surface area contributed by atoms with Crippen LogP contribution in [0.15, 0.2) is 24.5 Å². The first-order chi connectivity index (χ1) is 8.79. The van der Waals surface area contributed by atoms with Crippen LogP contribution in [0.5, 0.6) is 0 Å². The van der Waals surface area contributed by atoms with E-state index in [1.165, 1.54) is 5.56 Å². The zero-order chi connectivity index (χ0) is 12.8. The van der Waals surface area contributed by atoms with Gasteiger partial charge in [0.2, 0.25) is 0 Å². The van der Waals surface area contributed by atoms with Crippen molar-refractivity contribution in [2.24, 2.45) is 7.05 Å². The van der Waals surface area contributed by atoms with E-state index in [9.17, 15) is 0 Å². The number of rotatable bonds is 6. The first-order valence-electron chi connectivity index (χ1n) is 6.06. The second kappa shape index (κ2) is 6.54. The molecule has 0 radical (unpaired) electrons. The van der Waals surface area contributed by atoms with E-state index in [0.717, 1.165) is 36.7 Å². The molecule has 0 amide bonds. The smallest absolute Gasteiger partial charge is 0.151 e. The second-order valence-electron chi connectivity index (χ2n) is 4.17. The summed E-state index contributed by atoms with van der Waals surface area (Å²) in [4.78, 5) is 8.70. The first kappa shape index (κ1) is 13.1. The Hall–Kier alpha value is -1.36. The van der Waals surface area contributed by atoms with Crippen molar-refractivity contribution in [2.75, 3.05) is 12.0 Å². The third kappa shape index (κ3) is 3.57. The van der Waals surface area contributed by atoms with Crippen LogP contribution in [0.3, 0.4) is 0 Å². The average Bonchev–Trinajstić information content (AvgIpc) is 2.76. The Morgan fingerprint density at radius 2 is 2.17 bits per heavy atom. The lowest BCUT2D eigenvalue weighted by atomic mass is 10.1. The largest absolute Gasteiger partial charge is 0.264 e. The number of hydrogen-bond donors (Lipinski definition) is 0. The highest BCUT2D eigenvalue weighted by Gasteiger charge is 2.07. The third-order valence-corrected chi connectivity index (χ3v) is 3.40. The summed E-state index contributed by atoms with van der Waals surface area (Å²) in [6.45, 7) is 0. The van der Waals surface area contributed by atoms with Crippen molar-refractivity contribution in [3.05, 3.63) is 41.7 Å². The number of pyridine rings is 1. The molecule has 0 aromatic carbocycles. The lowest BCUT2D eigenvalue weighted by Crippen LogP contribution is -2.01. The molecular weight excluding hydrogens is 244 g/mol. The van der Waals surface area contributed by atoms with Crippen LogP contribution in [0.1, 0.15) is 17.2 Å². The summed E-state index contributed by atoms with van der Waals surface area (Å²) in [5.41, 5.74) is 1.24. The number of aryl methyl sites for hydroxylation is 4. The molecule has 0 spiro atoms. The Kier molecular flexibility index (Phi) is 4.75. The van der Waals surface area contributed by atoms with Gasteiger partial charge in [-0.15, -0.1) is 0 Å². The zero-order valence-electron chi connectivity index (χ0n) is 10.8. The maximum Gasteiger partial charge on any atom is 0.151 e. The molecule has 0 fully saturated rings. The predicted octanol–water partition coefficient (Wildman–Crippen LogP) is 1.90. The van der Waals surface area contributed by atoms with Gasteiger partial charge in [-0.25, -0.2) is 4.98 Å². The maximum atomic E-state index is 4.58. The van der Waals surface area contributed by atoms with Gasteiger partial charge in [0, 0.05) is 38.0 Å². The Morgan fingerprint density at radius 1 is 1.28 bits per heavy atom. The van der Waals surface area contributed by atoms with Crippen LogP contribution in [0.4, 0.5) is 0 Å². The highest BCUT2D eigenvalue weighted by molar-refractivity contribution is 7.98. The molecule has 18 heavy (non-hydrogen) atoms. The fraction of sp³-hybridized carbons (Fsp3) is 0.462. The summed E-state index contributed by atoms with van der Waals surface area (Å²) < 4.78 is 1.89. The van der Waals surface area contributed by atoms with Crippen molar-refractivity contribution in [1.29, 1.82) is 0 Å². The minimum absolute atomic E-state index is 0.911. The normalized spacial score (nSPS) is 10.8. The van der Waals surface area contributed by atoms with E-state index in [1.54, 1.807) is 6.20 Å². The molecule has 0 aliphatic heterocycles. The summed E-state index contributed by atoms with van der Waals surface area (Å²) in [5, 5.41) is 4.44. The van der Waals surface area contributed by atoms with Crippen molar-refractivity contribution >= 4 is 11.8 Å². The van der Waals surface area contributed by atoms with Crippen molar-refractivity contribution in [1.82, 2.24) is 19.7 Å². The monoisotopic (exact) mass is 262 g/mol. The Labute approximate surface area is 112 Å². The molecule has 4 nitrogen and oxygen atoms in total. The van der Waals surface area contributed by atoms with Crippen molar-refractivity contribution in [3.63, 3.8) is 0 Å². The predicted molar refractivity (Wildman–Crippen MR) is 74.7 cm³/mol. The molecule has 0 bridgehead atoms. The van der Waals surface area contributed by atoms with Gasteiger partial charge in [0.25, 0.3) is 0 Å². The van der Waals surface area contributed by atoms with Gasteiger partial charge < -0.3 is 0 Å². The molecule has 2 aromatic rings. The number of aromatic nitrogens is 4. The summed E-state index contributed by atoms with van der Waals surface area (Å²) in [6, 6.07) is 4.06. The Morgan fingerprint density at radius 3 is 2.89 bits per heavy atom. The fourth-order valence-electron chi connectivity index (χ4n) is 1.79. The Balaban J connectivity index is 1.95. The minimum atomic E-state index is 0.911. The standard InChI is InChI=1S/C13H18N4S/c1-17-13(15-12(16-17)7-9-18-2)6-5-11-4-3-8-14-10-11/h3-4,8,10H,5-7,9H2,1-2H3. The van der Waals surface area contributed by atoms with Gasteiger partial charge in [-0.3, -0.25) is 9.67 Å². The van der Waals surface area contributed by atoms with Crippen LogP contribution in [-0.4, -0.2) is 31.8 Å². The first-order valence-corrected chi connectivity index (χ1v) is 7.45. The highest BCUT2D eigenvalue weighted by atomic mass is 32.2. The molecule has 0 aliphatic carbocycles. The van der Waals surface area contributed by atoms with Crippen LogP contribution in [0.25, 0.3) is 0 Å². The molecule has 2 aromatic heterocycles. The quantitative estimate of drug-likeness (QED) is 0.797. The zero-order valence-corrected chi connectivity index (χ0v) is 11.7. The van der Waals surface area contributed by atoms with Crippen molar-refractivity contribution in [2.45, 2.75) is 19.3 Å². The molecule has 96 valence electrons. The molecule has 2 rings (SSSR count). The van der Waals surface area contributed by atoms with E-state index in [0.29, 0.717) is 0 Å². The molecule has 0 saturated heterocycles. The summed E-state index contributed by atoms with van der Waals surface area (Å²) in [6.07, 6.45) is 8.63. The van der Waals surface area contributed by atoms with Gasteiger partial charge in [-0.2, -0.15) is 16.9 Å². The van der Waals surface area contributed by atoms with Crippen LogP contribution < -0.4 is 0 Å². The third-order valence-electron chi connectivity index (χ3n) is 2.79. The van der Waals surface area contributed by atoms with Gasteiger partial charge >= 0.3 is 0 Å². The van der Waals surface area contributed by atoms with Gasteiger partial charge in [-0.1, -0.05) is 6.07 Å². The number of thioether (sulfide) groups is 1. The topological polar surface area (TPSA) is 43.6 Å². The van der Waals surface area contributed by atoms with Crippen molar-refractivity contribution < 1.29 is 0 Å². The van der Waals surface area contributed by atoms with E-state index in [-0.39, 0.29) is 0 Å². The number of nitrogens with zero attached hydrogens (tertiary/aromatic N) is 4. The molecule has 0 unspecified atom stereocenters. The summed E-state index contributed by atoms with van der Waals surface area (Å²) >= 11 is 1.82. The Bertz CT molecular complexity index is 481. The van der Waals surface area contributed by atoms with Crippen LogP contribution in [-0.2, 0) is 26.3 Å². The summed E-state index contributed by atoms with van der Waals surface area (Å²) in [7, 11) is 1.97. The lowest BCUT2D eigenvalue weighted by Gasteiger charge is -1.99. The van der Waals surface area contributed by atoms with E-state index < -0.39 is 0 Å².